The first-order chi connectivity index (χ1) is 10.00. The van der Waals surface area contributed by atoms with Gasteiger partial charge in [-0.05, 0) is 47.3 Å². The number of carboxylic acid groups (broad SMARTS) is 1. The van der Waals surface area contributed by atoms with Crippen LogP contribution in [0.5, 0.6) is 0 Å². The smallest absolute Gasteiger partial charge is 0.309 e. The summed E-state index contributed by atoms with van der Waals surface area (Å²) in [5.74, 6) is -0.829. The van der Waals surface area contributed by atoms with Crippen molar-refractivity contribution in [3.05, 3.63) is 28.5 Å². The molecule has 0 atom stereocenters. The fraction of sp³-hybridized carbons (Fsp3) is 0.533. The van der Waals surface area contributed by atoms with Crippen molar-refractivity contribution in [3.8, 4) is 0 Å². The lowest BCUT2D eigenvalue weighted by Crippen LogP contribution is -2.46. The highest BCUT2D eigenvalue weighted by Crippen LogP contribution is 2.37. The molecule has 1 aromatic heterocycles. The zero-order valence-corrected chi connectivity index (χ0v) is 13.6. The Balaban J connectivity index is 2.09. The average molecular weight is 355 g/mol. The number of pyridine rings is 1. The highest BCUT2D eigenvalue weighted by atomic mass is 79.9. The molecule has 114 valence electrons. The van der Waals surface area contributed by atoms with Gasteiger partial charge >= 0.3 is 5.97 Å². The van der Waals surface area contributed by atoms with Crippen LogP contribution < -0.4 is 0 Å². The summed E-state index contributed by atoms with van der Waals surface area (Å²) < 4.78 is 0.527. The van der Waals surface area contributed by atoms with Crippen molar-refractivity contribution in [2.24, 2.45) is 5.41 Å². The van der Waals surface area contributed by atoms with Gasteiger partial charge in [-0.15, -0.1) is 0 Å². The van der Waals surface area contributed by atoms with Crippen LogP contribution in [0, 0.1) is 5.41 Å². The Kier molecular flexibility index (Phi) is 4.98. The first kappa shape index (κ1) is 15.9. The van der Waals surface area contributed by atoms with Crippen molar-refractivity contribution in [3.63, 3.8) is 0 Å². The lowest BCUT2D eigenvalue weighted by Gasteiger charge is -2.38. The minimum Gasteiger partial charge on any atom is -0.481 e. The molecule has 1 saturated heterocycles. The summed E-state index contributed by atoms with van der Waals surface area (Å²) in [6.07, 6.45) is 4.16. The Hall–Kier alpha value is -1.43. The fourth-order valence-electron chi connectivity index (χ4n) is 2.90. The fourth-order valence-corrected chi connectivity index (χ4v) is 3.32. The van der Waals surface area contributed by atoms with Crippen LogP contribution in [0.1, 0.15) is 43.0 Å². The van der Waals surface area contributed by atoms with E-state index in [0.717, 1.165) is 6.42 Å². The molecule has 0 aliphatic carbocycles. The molecule has 1 aliphatic rings. The van der Waals surface area contributed by atoms with Gasteiger partial charge in [-0.1, -0.05) is 13.3 Å². The standard InChI is InChI=1S/C15H19BrN2O3/c1-2-5-15(14(20)21)6-9-18(10-7-15)13(19)11-4-3-8-17-12(11)16/h3-4,8H,2,5-7,9-10H2,1H3,(H,20,21). The zero-order valence-electron chi connectivity index (χ0n) is 12.0. The van der Waals surface area contributed by atoms with E-state index in [1.54, 1.807) is 23.2 Å². The lowest BCUT2D eigenvalue weighted by molar-refractivity contribution is -0.152. The molecule has 1 aromatic rings. The molecule has 0 saturated carbocycles. The maximum Gasteiger partial charge on any atom is 0.309 e. The van der Waals surface area contributed by atoms with E-state index < -0.39 is 11.4 Å². The van der Waals surface area contributed by atoms with E-state index in [2.05, 4.69) is 20.9 Å². The number of carbonyl (C=O) groups excluding carboxylic acids is 1. The van der Waals surface area contributed by atoms with E-state index >= 15 is 0 Å². The number of amides is 1. The van der Waals surface area contributed by atoms with E-state index in [0.29, 0.717) is 42.5 Å². The summed E-state index contributed by atoms with van der Waals surface area (Å²) in [5, 5.41) is 9.48. The molecule has 1 amide bonds. The maximum atomic E-state index is 12.5. The summed E-state index contributed by atoms with van der Waals surface area (Å²) in [5.41, 5.74) is -0.145. The first-order valence-electron chi connectivity index (χ1n) is 7.13. The molecule has 0 radical (unpaired) electrons. The third-order valence-electron chi connectivity index (χ3n) is 4.18. The maximum absolute atomic E-state index is 12.5. The van der Waals surface area contributed by atoms with Gasteiger partial charge in [-0.2, -0.15) is 0 Å². The van der Waals surface area contributed by atoms with E-state index in [9.17, 15) is 14.7 Å². The third kappa shape index (κ3) is 3.26. The van der Waals surface area contributed by atoms with Crippen LogP contribution in [-0.4, -0.2) is 40.0 Å². The topological polar surface area (TPSA) is 70.5 Å². The van der Waals surface area contributed by atoms with Gasteiger partial charge in [0.15, 0.2) is 0 Å². The molecule has 0 spiro atoms. The van der Waals surface area contributed by atoms with Crippen LogP contribution in [0.3, 0.4) is 0 Å². The molecule has 1 fully saturated rings. The van der Waals surface area contributed by atoms with Crippen molar-refractivity contribution >= 4 is 27.8 Å². The van der Waals surface area contributed by atoms with Crippen LogP contribution in [0.25, 0.3) is 0 Å². The van der Waals surface area contributed by atoms with Gasteiger partial charge in [0.2, 0.25) is 0 Å². The predicted molar refractivity (Wildman–Crippen MR) is 82.1 cm³/mol. The lowest BCUT2D eigenvalue weighted by atomic mass is 9.75. The number of nitrogens with zero attached hydrogens (tertiary/aromatic N) is 2. The van der Waals surface area contributed by atoms with Crippen molar-refractivity contribution < 1.29 is 14.7 Å². The van der Waals surface area contributed by atoms with Crippen molar-refractivity contribution in [2.45, 2.75) is 32.6 Å². The minimum atomic E-state index is -0.737. The summed E-state index contributed by atoms with van der Waals surface area (Å²) >= 11 is 3.28. The zero-order chi connectivity index (χ0) is 15.5. The number of carbonyl (C=O) groups is 2. The normalized spacial score (nSPS) is 17.5. The Bertz CT molecular complexity index is 539. The van der Waals surface area contributed by atoms with Gasteiger partial charge in [0, 0.05) is 19.3 Å². The third-order valence-corrected chi connectivity index (χ3v) is 4.81. The van der Waals surface area contributed by atoms with Gasteiger partial charge < -0.3 is 10.0 Å². The van der Waals surface area contributed by atoms with Crippen LogP contribution in [0.4, 0.5) is 0 Å². The van der Waals surface area contributed by atoms with Crippen molar-refractivity contribution in [1.29, 1.82) is 0 Å². The van der Waals surface area contributed by atoms with E-state index in [1.807, 2.05) is 6.92 Å². The number of hydrogen-bond donors (Lipinski definition) is 1. The molecule has 1 N–H and O–H groups in total. The van der Waals surface area contributed by atoms with Crippen LogP contribution in [-0.2, 0) is 4.79 Å². The molecule has 6 heteroatoms. The highest BCUT2D eigenvalue weighted by molar-refractivity contribution is 9.10. The largest absolute Gasteiger partial charge is 0.481 e. The summed E-state index contributed by atoms with van der Waals surface area (Å²) in [4.78, 5) is 29.8. The highest BCUT2D eigenvalue weighted by Gasteiger charge is 2.41. The summed E-state index contributed by atoms with van der Waals surface area (Å²) in [6.45, 7) is 2.95. The van der Waals surface area contributed by atoms with Gasteiger partial charge in [0.05, 0.1) is 11.0 Å². The number of rotatable bonds is 4. The average Bonchev–Trinajstić information content (AvgIpc) is 2.48. The second-order valence-corrected chi connectivity index (χ2v) is 6.22. The van der Waals surface area contributed by atoms with Crippen molar-refractivity contribution in [2.75, 3.05) is 13.1 Å². The molecular weight excluding hydrogens is 336 g/mol. The van der Waals surface area contributed by atoms with E-state index in [-0.39, 0.29) is 5.91 Å². The number of piperidine rings is 1. The van der Waals surface area contributed by atoms with Gasteiger partial charge in [-0.3, -0.25) is 9.59 Å². The van der Waals surface area contributed by atoms with Gasteiger partial charge in [0.25, 0.3) is 5.91 Å². The first-order valence-corrected chi connectivity index (χ1v) is 7.92. The molecule has 5 nitrogen and oxygen atoms in total. The van der Waals surface area contributed by atoms with E-state index in [4.69, 9.17) is 0 Å². The van der Waals surface area contributed by atoms with Crippen molar-refractivity contribution in [1.82, 2.24) is 9.88 Å². The molecule has 2 rings (SSSR count). The Labute approximate surface area is 132 Å². The van der Waals surface area contributed by atoms with Crippen LogP contribution in [0.15, 0.2) is 22.9 Å². The molecule has 2 heterocycles. The monoisotopic (exact) mass is 354 g/mol. The molecule has 0 bridgehead atoms. The number of carboxylic acids is 1. The molecule has 21 heavy (non-hydrogen) atoms. The van der Waals surface area contributed by atoms with E-state index in [1.165, 1.54) is 0 Å². The second kappa shape index (κ2) is 6.56. The van der Waals surface area contributed by atoms with Gasteiger partial charge in [0.1, 0.15) is 4.60 Å². The van der Waals surface area contributed by atoms with Crippen LogP contribution >= 0.6 is 15.9 Å². The molecule has 1 aliphatic heterocycles. The number of halogens is 1. The number of aliphatic carboxylic acids is 1. The summed E-state index contributed by atoms with van der Waals surface area (Å²) in [6, 6.07) is 3.45. The molecule has 0 aromatic carbocycles. The number of hydrogen-bond acceptors (Lipinski definition) is 3. The van der Waals surface area contributed by atoms with Gasteiger partial charge in [-0.25, -0.2) is 4.98 Å². The second-order valence-electron chi connectivity index (χ2n) is 5.47. The molecule has 0 unspecified atom stereocenters. The predicted octanol–water partition coefficient (Wildman–Crippen LogP) is 2.95. The Morgan fingerprint density at radius 2 is 2.10 bits per heavy atom. The number of likely N-dealkylation sites (tertiary alicyclic amines) is 1. The van der Waals surface area contributed by atoms with Crippen LogP contribution in [0.2, 0.25) is 0 Å². The SMILES string of the molecule is CCCC1(C(=O)O)CCN(C(=O)c2cccnc2Br)CC1. The Morgan fingerprint density at radius 3 is 2.62 bits per heavy atom. The minimum absolute atomic E-state index is 0.0922. The quantitative estimate of drug-likeness (QED) is 0.843. The summed E-state index contributed by atoms with van der Waals surface area (Å²) in [7, 11) is 0. The molecular formula is C15H19BrN2O3. The number of aromatic nitrogens is 1. The Morgan fingerprint density at radius 1 is 1.43 bits per heavy atom.